The third kappa shape index (κ3) is 2.04. The van der Waals surface area contributed by atoms with Gasteiger partial charge in [-0.2, -0.15) is 0 Å². The number of fused-ring (bicyclic) bond motifs is 1. The van der Waals surface area contributed by atoms with Gasteiger partial charge in [0, 0.05) is 4.88 Å². The van der Waals surface area contributed by atoms with Gasteiger partial charge in [-0.15, -0.1) is 11.3 Å². The molecule has 94 valence electrons. The molecule has 2 unspecified atom stereocenters. The molecule has 1 aromatic rings. The zero-order valence-corrected chi connectivity index (χ0v) is 11.5. The Kier molecular flexibility index (Phi) is 2.99. The maximum Gasteiger partial charge on any atom is 0.113 e. The van der Waals surface area contributed by atoms with Gasteiger partial charge in [0.1, 0.15) is 5.01 Å². The topological polar surface area (TPSA) is 38.9 Å². The Morgan fingerprint density at radius 3 is 3.06 bits per heavy atom. The van der Waals surface area contributed by atoms with Crippen LogP contribution in [0.25, 0.3) is 0 Å². The van der Waals surface area contributed by atoms with Crippen molar-refractivity contribution < 1.29 is 0 Å². The van der Waals surface area contributed by atoms with Crippen molar-refractivity contribution in [2.75, 3.05) is 0 Å². The summed E-state index contributed by atoms with van der Waals surface area (Å²) < 4.78 is 0. The highest BCUT2D eigenvalue weighted by atomic mass is 32.1. The van der Waals surface area contributed by atoms with Gasteiger partial charge in [0.25, 0.3) is 0 Å². The zero-order chi connectivity index (χ0) is 11.9. The second-order valence-electron chi connectivity index (χ2n) is 5.77. The lowest BCUT2D eigenvalue weighted by atomic mass is 9.75. The lowest BCUT2D eigenvalue weighted by Gasteiger charge is -2.36. The second-order valence-corrected chi connectivity index (χ2v) is 6.85. The Bertz CT molecular complexity index is 391. The Balaban J connectivity index is 1.85. The largest absolute Gasteiger partial charge is 0.319 e. The third-order valence-corrected chi connectivity index (χ3v) is 5.86. The van der Waals surface area contributed by atoms with Crippen LogP contribution in [0.5, 0.6) is 0 Å². The summed E-state index contributed by atoms with van der Waals surface area (Å²) in [6.45, 7) is 2.29. The van der Waals surface area contributed by atoms with Crippen LogP contribution in [0.4, 0.5) is 0 Å². The van der Waals surface area contributed by atoms with Gasteiger partial charge < -0.3 is 5.73 Å². The maximum absolute atomic E-state index is 6.66. The van der Waals surface area contributed by atoms with Crippen LogP contribution in [0.1, 0.15) is 61.0 Å². The molecule has 2 aliphatic carbocycles. The van der Waals surface area contributed by atoms with E-state index < -0.39 is 0 Å². The van der Waals surface area contributed by atoms with Crippen LogP contribution >= 0.6 is 11.3 Å². The van der Waals surface area contributed by atoms with E-state index in [-0.39, 0.29) is 5.54 Å². The van der Waals surface area contributed by atoms with Crippen LogP contribution in [-0.2, 0) is 18.4 Å². The average molecular weight is 250 g/mol. The number of hydrogen-bond acceptors (Lipinski definition) is 3. The molecular formula is C14H22N2S. The lowest BCUT2D eigenvalue weighted by Crippen LogP contribution is -2.41. The summed E-state index contributed by atoms with van der Waals surface area (Å²) in [5.74, 6) is 0.812. The van der Waals surface area contributed by atoms with Gasteiger partial charge >= 0.3 is 0 Å². The Hall–Kier alpha value is -0.410. The monoisotopic (exact) mass is 250 g/mol. The predicted molar refractivity (Wildman–Crippen MR) is 72.3 cm³/mol. The zero-order valence-electron chi connectivity index (χ0n) is 10.7. The Morgan fingerprint density at radius 2 is 2.29 bits per heavy atom. The lowest BCUT2D eigenvalue weighted by molar-refractivity contribution is 0.220. The van der Waals surface area contributed by atoms with Crippen LogP contribution < -0.4 is 5.73 Å². The summed E-state index contributed by atoms with van der Waals surface area (Å²) in [7, 11) is 0. The van der Waals surface area contributed by atoms with Crippen LogP contribution in [0.15, 0.2) is 0 Å². The molecule has 0 bridgehead atoms. The number of rotatable bonds is 2. The van der Waals surface area contributed by atoms with Crippen molar-refractivity contribution in [3.8, 4) is 0 Å². The molecule has 0 aromatic carbocycles. The average Bonchev–Trinajstić information content (AvgIpc) is 2.89. The Morgan fingerprint density at radius 1 is 1.41 bits per heavy atom. The van der Waals surface area contributed by atoms with Gasteiger partial charge in [0.2, 0.25) is 0 Å². The fourth-order valence-electron chi connectivity index (χ4n) is 3.37. The molecule has 2 nitrogen and oxygen atoms in total. The number of nitrogens with zero attached hydrogens (tertiary/aromatic N) is 1. The van der Waals surface area contributed by atoms with E-state index in [4.69, 9.17) is 10.7 Å². The second kappa shape index (κ2) is 4.36. The van der Waals surface area contributed by atoms with Gasteiger partial charge in [0.05, 0.1) is 11.2 Å². The first-order valence-corrected chi connectivity index (χ1v) is 7.81. The molecule has 0 spiro atoms. The molecule has 0 radical (unpaired) electrons. The standard InChI is InChI=1S/C14H22N2S/c1-2-10-5-4-8-14(15,9-10)13-16-11-6-3-7-12(11)17-13/h10H,2-9,15H2,1H3. The fraction of sp³-hybridized carbons (Fsp3) is 0.786. The number of aryl methyl sites for hydroxylation is 2. The van der Waals surface area contributed by atoms with Crippen LogP contribution in [0.2, 0.25) is 0 Å². The summed E-state index contributed by atoms with van der Waals surface area (Å²) in [4.78, 5) is 6.37. The van der Waals surface area contributed by atoms with Crippen molar-refractivity contribution in [1.82, 2.24) is 4.98 Å². The molecule has 0 saturated heterocycles. The molecule has 1 heterocycles. The van der Waals surface area contributed by atoms with Crippen molar-refractivity contribution in [1.29, 1.82) is 0 Å². The molecule has 1 saturated carbocycles. The number of hydrogen-bond donors (Lipinski definition) is 1. The molecule has 3 rings (SSSR count). The molecule has 0 aliphatic heterocycles. The van der Waals surface area contributed by atoms with Gasteiger partial charge in [-0.3, -0.25) is 0 Å². The number of aromatic nitrogens is 1. The van der Waals surface area contributed by atoms with Gasteiger partial charge in [-0.1, -0.05) is 26.2 Å². The molecule has 3 heteroatoms. The van der Waals surface area contributed by atoms with Crippen molar-refractivity contribution in [3.05, 3.63) is 15.6 Å². The minimum atomic E-state index is -0.103. The highest BCUT2D eigenvalue weighted by Gasteiger charge is 2.37. The SMILES string of the molecule is CCC1CCCC(N)(c2nc3c(s2)CCC3)C1. The molecule has 0 amide bonds. The van der Waals surface area contributed by atoms with E-state index in [0.717, 1.165) is 18.8 Å². The maximum atomic E-state index is 6.66. The van der Waals surface area contributed by atoms with Gasteiger partial charge in [0.15, 0.2) is 0 Å². The predicted octanol–water partition coefficient (Wildman–Crippen LogP) is 3.39. The van der Waals surface area contributed by atoms with Crippen molar-refractivity contribution in [3.63, 3.8) is 0 Å². The molecule has 1 aromatic heterocycles. The van der Waals surface area contributed by atoms with E-state index >= 15 is 0 Å². The minimum absolute atomic E-state index is 0.103. The summed E-state index contributed by atoms with van der Waals surface area (Å²) >= 11 is 1.90. The molecule has 2 aliphatic rings. The summed E-state index contributed by atoms with van der Waals surface area (Å²) in [5, 5.41) is 1.24. The first kappa shape index (κ1) is 11.7. The minimum Gasteiger partial charge on any atom is -0.319 e. The summed E-state index contributed by atoms with van der Waals surface area (Å²) in [6.07, 6.45) is 9.90. The Labute approximate surface area is 108 Å². The third-order valence-electron chi connectivity index (χ3n) is 4.49. The van der Waals surface area contributed by atoms with E-state index in [1.807, 2.05) is 11.3 Å². The first-order chi connectivity index (χ1) is 8.21. The number of nitrogens with two attached hydrogens (primary N) is 1. The van der Waals surface area contributed by atoms with Gasteiger partial charge in [-0.05, 0) is 38.0 Å². The highest BCUT2D eigenvalue weighted by molar-refractivity contribution is 7.12. The molecule has 2 atom stereocenters. The van der Waals surface area contributed by atoms with Gasteiger partial charge in [-0.25, -0.2) is 4.98 Å². The van der Waals surface area contributed by atoms with Crippen molar-refractivity contribution in [2.45, 2.75) is 63.8 Å². The molecule has 2 N–H and O–H groups in total. The number of thiazole rings is 1. The highest BCUT2D eigenvalue weighted by Crippen LogP contribution is 2.42. The first-order valence-electron chi connectivity index (χ1n) is 6.99. The van der Waals surface area contributed by atoms with Crippen LogP contribution in [-0.4, -0.2) is 4.98 Å². The van der Waals surface area contributed by atoms with E-state index in [1.165, 1.54) is 54.1 Å². The normalized spacial score (nSPS) is 32.7. The summed E-state index contributed by atoms with van der Waals surface area (Å²) in [6, 6.07) is 0. The summed E-state index contributed by atoms with van der Waals surface area (Å²) in [5.41, 5.74) is 7.91. The van der Waals surface area contributed by atoms with E-state index in [2.05, 4.69) is 6.92 Å². The van der Waals surface area contributed by atoms with E-state index in [0.29, 0.717) is 0 Å². The van der Waals surface area contributed by atoms with Crippen LogP contribution in [0.3, 0.4) is 0 Å². The molecular weight excluding hydrogens is 228 g/mol. The molecule has 1 fully saturated rings. The van der Waals surface area contributed by atoms with Crippen molar-refractivity contribution >= 4 is 11.3 Å². The van der Waals surface area contributed by atoms with Crippen molar-refractivity contribution in [2.24, 2.45) is 11.7 Å². The smallest absolute Gasteiger partial charge is 0.113 e. The van der Waals surface area contributed by atoms with E-state index in [1.54, 1.807) is 0 Å². The van der Waals surface area contributed by atoms with E-state index in [9.17, 15) is 0 Å². The fourth-order valence-corrected chi connectivity index (χ4v) is 4.66. The molecule has 17 heavy (non-hydrogen) atoms. The van der Waals surface area contributed by atoms with Crippen LogP contribution in [0, 0.1) is 5.92 Å². The quantitative estimate of drug-likeness (QED) is 0.874.